The minimum Gasteiger partial charge on any atom is -0.325 e. The van der Waals surface area contributed by atoms with Gasteiger partial charge in [-0.3, -0.25) is 9.59 Å². The van der Waals surface area contributed by atoms with Gasteiger partial charge in [0.25, 0.3) is 0 Å². The van der Waals surface area contributed by atoms with E-state index < -0.39 is 5.41 Å². The van der Waals surface area contributed by atoms with Crippen LogP contribution in [-0.4, -0.2) is 11.8 Å². The fraction of sp³-hybridized carbons (Fsp3) is 0.364. The van der Waals surface area contributed by atoms with E-state index in [1.54, 1.807) is 0 Å². The number of anilines is 2. The van der Waals surface area contributed by atoms with Crippen LogP contribution in [0.4, 0.5) is 11.4 Å². The molecule has 0 aromatic heterocycles. The van der Waals surface area contributed by atoms with Crippen molar-refractivity contribution in [3.8, 4) is 0 Å². The summed E-state index contributed by atoms with van der Waals surface area (Å²) in [6.45, 7) is 9.91. The maximum atomic E-state index is 12.9. The summed E-state index contributed by atoms with van der Waals surface area (Å²) in [6, 6.07) is 9.96. The van der Waals surface area contributed by atoms with Crippen LogP contribution in [0.5, 0.6) is 0 Å². The van der Waals surface area contributed by atoms with Crippen molar-refractivity contribution in [3.05, 3.63) is 58.1 Å². The van der Waals surface area contributed by atoms with Crippen LogP contribution in [0.3, 0.4) is 0 Å². The maximum absolute atomic E-state index is 12.9. The van der Waals surface area contributed by atoms with Gasteiger partial charge in [-0.05, 0) is 69.7 Å². The highest BCUT2D eigenvalue weighted by atomic mass is 16.2. The van der Waals surface area contributed by atoms with E-state index in [-0.39, 0.29) is 11.8 Å². The zero-order chi connectivity index (χ0) is 19.1. The molecule has 1 aliphatic carbocycles. The monoisotopic (exact) mass is 350 g/mol. The van der Waals surface area contributed by atoms with E-state index in [2.05, 4.69) is 10.6 Å². The Morgan fingerprint density at radius 2 is 1.19 bits per heavy atom. The fourth-order valence-corrected chi connectivity index (χ4v) is 3.54. The Kier molecular flexibility index (Phi) is 4.61. The van der Waals surface area contributed by atoms with Crippen molar-refractivity contribution in [2.75, 3.05) is 10.6 Å². The molecule has 2 amide bonds. The van der Waals surface area contributed by atoms with Gasteiger partial charge in [-0.15, -0.1) is 0 Å². The highest BCUT2D eigenvalue weighted by Gasteiger charge is 2.56. The van der Waals surface area contributed by atoms with Crippen LogP contribution in [0.2, 0.25) is 0 Å². The van der Waals surface area contributed by atoms with E-state index in [0.717, 1.165) is 39.2 Å². The number of hydrogen-bond donors (Lipinski definition) is 2. The topological polar surface area (TPSA) is 58.2 Å². The van der Waals surface area contributed by atoms with Gasteiger partial charge in [0.05, 0.1) is 0 Å². The van der Waals surface area contributed by atoms with E-state index in [1.807, 2.05) is 65.0 Å². The average molecular weight is 350 g/mol. The van der Waals surface area contributed by atoms with Crippen LogP contribution in [0.15, 0.2) is 30.3 Å². The Morgan fingerprint density at radius 1 is 0.769 bits per heavy atom. The molecule has 2 aromatic carbocycles. The molecule has 0 bridgehead atoms. The molecule has 4 heteroatoms. The van der Waals surface area contributed by atoms with E-state index in [1.165, 1.54) is 0 Å². The molecular weight excluding hydrogens is 324 g/mol. The SMILES string of the molecule is Cc1cc(C)c(NC(=O)C2(C(=O)Nc3c(C)cccc3C)CC2)c(C)c1. The molecule has 2 N–H and O–H groups in total. The van der Waals surface area contributed by atoms with Crippen LogP contribution < -0.4 is 10.6 Å². The summed E-state index contributed by atoms with van der Waals surface area (Å²) in [4.78, 5) is 25.8. The van der Waals surface area contributed by atoms with Gasteiger partial charge in [-0.2, -0.15) is 0 Å². The molecule has 0 aliphatic heterocycles. The summed E-state index contributed by atoms with van der Waals surface area (Å²) in [5.74, 6) is -0.425. The number of amides is 2. The molecule has 1 aliphatic rings. The highest BCUT2D eigenvalue weighted by molar-refractivity contribution is 6.17. The minimum absolute atomic E-state index is 0.212. The fourth-order valence-electron chi connectivity index (χ4n) is 3.54. The van der Waals surface area contributed by atoms with Gasteiger partial charge in [0.15, 0.2) is 0 Å². The first-order valence-corrected chi connectivity index (χ1v) is 9.01. The van der Waals surface area contributed by atoms with E-state index >= 15 is 0 Å². The Labute approximate surface area is 155 Å². The molecule has 0 radical (unpaired) electrons. The molecule has 0 saturated heterocycles. The Morgan fingerprint density at radius 3 is 1.62 bits per heavy atom. The second kappa shape index (κ2) is 6.60. The van der Waals surface area contributed by atoms with Gasteiger partial charge in [0.1, 0.15) is 5.41 Å². The second-order valence-electron chi connectivity index (χ2n) is 7.53. The van der Waals surface area contributed by atoms with Crippen molar-refractivity contribution in [2.24, 2.45) is 5.41 Å². The van der Waals surface area contributed by atoms with Crippen LogP contribution in [0.25, 0.3) is 0 Å². The van der Waals surface area contributed by atoms with Gasteiger partial charge in [-0.1, -0.05) is 35.9 Å². The van der Waals surface area contributed by atoms with E-state index in [9.17, 15) is 9.59 Å². The summed E-state index contributed by atoms with van der Waals surface area (Å²) in [5.41, 5.74) is 5.85. The van der Waals surface area contributed by atoms with E-state index in [0.29, 0.717) is 12.8 Å². The van der Waals surface area contributed by atoms with Crippen LogP contribution in [0, 0.1) is 40.0 Å². The normalized spacial score (nSPS) is 14.7. The molecule has 136 valence electrons. The number of para-hydroxylation sites is 1. The maximum Gasteiger partial charge on any atom is 0.240 e. The first kappa shape index (κ1) is 18.2. The predicted molar refractivity (Wildman–Crippen MR) is 105 cm³/mol. The lowest BCUT2D eigenvalue weighted by molar-refractivity contribution is -0.131. The van der Waals surface area contributed by atoms with Crippen LogP contribution >= 0.6 is 0 Å². The molecule has 1 fully saturated rings. The summed E-state index contributed by atoms with van der Waals surface area (Å²) in [7, 11) is 0. The summed E-state index contributed by atoms with van der Waals surface area (Å²) >= 11 is 0. The third kappa shape index (κ3) is 3.24. The van der Waals surface area contributed by atoms with Gasteiger partial charge < -0.3 is 10.6 Å². The Bertz CT molecular complexity index is 852. The van der Waals surface area contributed by atoms with Crippen molar-refractivity contribution in [1.29, 1.82) is 0 Å². The Hall–Kier alpha value is -2.62. The molecule has 1 saturated carbocycles. The molecule has 0 spiro atoms. The lowest BCUT2D eigenvalue weighted by atomic mass is 10.0. The van der Waals surface area contributed by atoms with Gasteiger partial charge in [0, 0.05) is 11.4 Å². The van der Waals surface area contributed by atoms with Gasteiger partial charge in [0.2, 0.25) is 11.8 Å². The zero-order valence-corrected chi connectivity index (χ0v) is 16.1. The molecule has 3 rings (SSSR count). The van der Waals surface area contributed by atoms with Crippen molar-refractivity contribution < 1.29 is 9.59 Å². The number of hydrogen-bond acceptors (Lipinski definition) is 2. The highest BCUT2D eigenvalue weighted by Crippen LogP contribution is 2.48. The molecule has 0 atom stereocenters. The van der Waals surface area contributed by atoms with Gasteiger partial charge >= 0.3 is 0 Å². The van der Waals surface area contributed by atoms with E-state index in [4.69, 9.17) is 0 Å². The minimum atomic E-state index is -0.960. The Balaban J connectivity index is 1.80. The lowest BCUT2D eigenvalue weighted by Gasteiger charge is -2.19. The third-order valence-corrected chi connectivity index (χ3v) is 5.25. The number of carbonyl (C=O) groups excluding carboxylic acids is 2. The predicted octanol–water partition coefficient (Wildman–Crippen LogP) is 4.59. The standard InChI is InChI=1S/C22H26N2O2/c1-13-11-16(4)19(17(5)12-13)24-21(26)22(9-10-22)20(25)23-18-14(2)7-6-8-15(18)3/h6-8,11-12H,9-10H2,1-5H3,(H,23,25)(H,24,26). The zero-order valence-electron chi connectivity index (χ0n) is 16.1. The molecule has 2 aromatic rings. The second-order valence-corrected chi connectivity index (χ2v) is 7.53. The van der Waals surface area contributed by atoms with Crippen molar-refractivity contribution in [3.63, 3.8) is 0 Å². The number of carbonyl (C=O) groups is 2. The van der Waals surface area contributed by atoms with Crippen LogP contribution in [-0.2, 0) is 9.59 Å². The third-order valence-electron chi connectivity index (χ3n) is 5.25. The first-order chi connectivity index (χ1) is 12.2. The molecule has 0 heterocycles. The lowest BCUT2D eigenvalue weighted by Crippen LogP contribution is -2.36. The number of benzene rings is 2. The number of aryl methyl sites for hydroxylation is 5. The molecule has 0 unspecified atom stereocenters. The molecular formula is C22H26N2O2. The number of nitrogens with one attached hydrogen (secondary N) is 2. The molecule has 26 heavy (non-hydrogen) atoms. The molecule has 4 nitrogen and oxygen atoms in total. The van der Waals surface area contributed by atoms with Crippen LogP contribution in [0.1, 0.15) is 40.7 Å². The smallest absolute Gasteiger partial charge is 0.240 e. The van der Waals surface area contributed by atoms with Crippen molar-refractivity contribution in [1.82, 2.24) is 0 Å². The van der Waals surface area contributed by atoms with Gasteiger partial charge in [-0.25, -0.2) is 0 Å². The van der Waals surface area contributed by atoms with Crippen molar-refractivity contribution in [2.45, 2.75) is 47.5 Å². The largest absolute Gasteiger partial charge is 0.325 e. The first-order valence-electron chi connectivity index (χ1n) is 9.01. The summed E-state index contributed by atoms with van der Waals surface area (Å²) in [6.07, 6.45) is 1.17. The summed E-state index contributed by atoms with van der Waals surface area (Å²) < 4.78 is 0. The summed E-state index contributed by atoms with van der Waals surface area (Å²) in [5, 5.41) is 5.99. The average Bonchev–Trinajstić information content (AvgIpc) is 3.36. The van der Waals surface area contributed by atoms with Crippen molar-refractivity contribution >= 4 is 23.2 Å². The quantitative estimate of drug-likeness (QED) is 0.793. The number of rotatable bonds is 4.